The van der Waals surface area contributed by atoms with Crippen molar-refractivity contribution in [1.82, 2.24) is 9.91 Å². The monoisotopic (exact) mass is 651 g/mol. The Morgan fingerprint density at radius 1 is 0.796 bits per heavy atom. The van der Waals surface area contributed by atoms with Crippen molar-refractivity contribution in [3.8, 4) is 5.75 Å². The summed E-state index contributed by atoms with van der Waals surface area (Å²) in [6.07, 6.45) is 2.66. The number of nitrogens with one attached hydrogen (secondary N) is 1. The van der Waals surface area contributed by atoms with Gasteiger partial charge in [0.15, 0.2) is 0 Å². The second-order valence-corrected chi connectivity index (χ2v) is 13.9. The van der Waals surface area contributed by atoms with Crippen molar-refractivity contribution in [1.29, 1.82) is 0 Å². The number of anilines is 1. The van der Waals surface area contributed by atoms with Gasteiger partial charge in [-0.25, -0.2) is 0 Å². The third-order valence-electron chi connectivity index (χ3n) is 11.2. The normalized spacial score (nSPS) is 27.5. The molecule has 2 aliphatic heterocycles. The number of aromatic hydroxyl groups is 1. The van der Waals surface area contributed by atoms with Crippen LogP contribution in [0.1, 0.15) is 46.6 Å². The summed E-state index contributed by atoms with van der Waals surface area (Å²) in [7, 11) is 0. The highest BCUT2D eigenvalue weighted by Crippen LogP contribution is 2.64. The van der Waals surface area contributed by atoms with Crippen LogP contribution < -0.4 is 5.43 Å². The van der Waals surface area contributed by atoms with Gasteiger partial charge in [0.2, 0.25) is 11.8 Å². The Morgan fingerprint density at radius 3 is 2.18 bits per heavy atom. The molecule has 8 heteroatoms. The van der Waals surface area contributed by atoms with E-state index in [9.17, 15) is 19.5 Å². The Morgan fingerprint density at radius 2 is 1.49 bits per heavy atom. The molecule has 246 valence electrons. The van der Waals surface area contributed by atoms with Crippen molar-refractivity contribution in [2.24, 2.45) is 23.7 Å². The largest absolute Gasteiger partial charge is 0.508 e. The maximum Gasteiger partial charge on any atom is 0.260 e. The first-order chi connectivity index (χ1) is 23.7. The van der Waals surface area contributed by atoms with E-state index in [2.05, 4.69) is 11.5 Å². The lowest BCUT2D eigenvalue weighted by molar-refractivity contribution is -0.142. The number of carbonyl (C=O) groups is 4. The molecular weight excluding hydrogens is 614 g/mol. The number of benzene rings is 4. The molecule has 0 aromatic heterocycles. The van der Waals surface area contributed by atoms with Crippen molar-refractivity contribution in [3.05, 3.63) is 143 Å². The van der Waals surface area contributed by atoms with Crippen LogP contribution >= 0.6 is 0 Å². The highest BCUT2D eigenvalue weighted by atomic mass is 16.3. The standard InChI is InChI=1S/C41H37N3O5/c1-24-13-16-29(17-14-24)42-44-38(47)33-22-32-30(18-19-31-35(32)39(48)43(37(31)46)23-26-9-5-3-6-10-26)36(27-15-20-34(45)25(2)21-27)41(33,40(44)49)28-11-7-4-8-12-28/h3-18,20-21,31-33,35-36,42,45H,19,22-23H2,1-2H3/t31-,32+,33-,35-,36-,41+/m0/s1. The van der Waals surface area contributed by atoms with Crippen molar-refractivity contribution < 1.29 is 24.3 Å². The topological polar surface area (TPSA) is 107 Å². The lowest BCUT2D eigenvalue weighted by atomic mass is 9.49. The predicted octanol–water partition coefficient (Wildman–Crippen LogP) is 6.19. The van der Waals surface area contributed by atoms with Crippen molar-refractivity contribution in [2.45, 2.75) is 44.6 Å². The summed E-state index contributed by atoms with van der Waals surface area (Å²) in [6, 6.07) is 31.8. The summed E-state index contributed by atoms with van der Waals surface area (Å²) in [5, 5.41) is 11.7. The maximum atomic E-state index is 15.2. The molecule has 1 saturated carbocycles. The molecule has 49 heavy (non-hydrogen) atoms. The summed E-state index contributed by atoms with van der Waals surface area (Å²) in [5.41, 5.74) is 7.33. The first-order valence-electron chi connectivity index (χ1n) is 16.9. The Kier molecular flexibility index (Phi) is 7.28. The van der Waals surface area contributed by atoms with E-state index in [0.717, 1.165) is 22.3 Å². The molecule has 4 amide bonds. The number of carbonyl (C=O) groups excluding carboxylic acids is 4. The lowest BCUT2D eigenvalue weighted by Crippen LogP contribution is -2.53. The van der Waals surface area contributed by atoms with E-state index in [1.165, 1.54) is 9.91 Å². The maximum absolute atomic E-state index is 15.2. The number of amides is 4. The first-order valence-corrected chi connectivity index (χ1v) is 16.9. The SMILES string of the molecule is Cc1ccc(NN2C(=O)[C@@H]3C[C@@H]4C(=CC[C@@H]5C(=O)N(Cc6ccccc6)C(=O)[C@@H]54)[C@H](c4ccc(O)c(C)c4)[C@]3(c3ccccc3)C2=O)cc1. The molecule has 2 N–H and O–H groups in total. The fourth-order valence-electron chi connectivity index (χ4n) is 8.97. The second kappa shape index (κ2) is 11.6. The van der Waals surface area contributed by atoms with E-state index in [4.69, 9.17) is 0 Å². The quantitative estimate of drug-likeness (QED) is 0.190. The molecule has 3 fully saturated rings. The van der Waals surface area contributed by atoms with Gasteiger partial charge in [-0.1, -0.05) is 102 Å². The fourth-order valence-corrected chi connectivity index (χ4v) is 8.97. The number of nitrogens with zero attached hydrogens (tertiary/aromatic N) is 2. The summed E-state index contributed by atoms with van der Waals surface area (Å²) in [4.78, 5) is 59.5. The minimum atomic E-state index is -1.34. The molecule has 4 aromatic carbocycles. The van der Waals surface area contributed by atoms with Gasteiger partial charge in [0.25, 0.3) is 11.8 Å². The number of hydrogen-bond donors (Lipinski definition) is 2. The molecule has 2 saturated heterocycles. The van der Waals surface area contributed by atoms with Crippen molar-refractivity contribution in [3.63, 3.8) is 0 Å². The van der Waals surface area contributed by atoms with E-state index in [1.54, 1.807) is 6.07 Å². The number of fused-ring (bicyclic) bond motifs is 4. The average molecular weight is 652 g/mol. The van der Waals surface area contributed by atoms with Gasteiger partial charge in [-0.15, -0.1) is 0 Å². The molecule has 8 rings (SSSR count). The van der Waals surface area contributed by atoms with E-state index >= 15 is 4.79 Å². The summed E-state index contributed by atoms with van der Waals surface area (Å²) in [6.45, 7) is 3.97. The molecule has 4 aliphatic rings. The Labute approximate surface area is 285 Å². The van der Waals surface area contributed by atoms with Crippen molar-refractivity contribution in [2.75, 3.05) is 5.43 Å². The van der Waals surface area contributed by atoms with Crippen LogP contribution in [0.15, 0.2) is 115 Å². The fraction of sp³-hybridized carbons (Fsp3) is 0.268. The van der Waals surface area contributed by atoms with Gasteiger partial charge in [-0.2, -0.15) is 5.01 Å². The van der Waals surface area contributed by atoms with Crippen LogP contribution in [0.5, 0.6) is 5.75 Å². The lowest BCUT2D eigenvalue weighted by Gasteiger charge is -2.50. The number of phenolic OH excluding ortho intramolecular Hbond substituents is 1. The minimum absolute atomic E-state index is 0.128. The highest BCUT2D eigenvalue weighted by Gasteiger charge is 2.70. The number of allylic oxidation sites excluding steroid dienone is 2. The molecule has 0 radical (unpaired) electrons. The number of imide groups is 2. The Bertz CT molecular complexity index is 2030. The van der Waals surface area contributed by atoms with Gasteiger partial charge < -0.3 is 5.11 Å². The molecule has 4 aromatic rings. The number of hydrogen-bond acceptors (Lipinski definition) is 6. The molecule has 0 bridgehead atoms. The first kappa shape index (κ1) is 30.8. The molecule has 2 heterocycles. The molecule has 8 nitrogen and oxygen atoms in total. The summed E-state index contributed by atoms with van der Waals surface area (Å²) in [5.74, 6) is -4.11. The molecule has 0 spiro atoms. The van der Waals surface area contributed by atoms with E-state index in [0.29, 0.717) is 23.2 Å². The minimum Gasteiger partial charge on any atom is -0.508 e. The van der Waals surface area contributed by atoms with Gasteiger partial charge in [0.1, 0.15) is 5.75 Å². The van der Waals surface area contributed by atoms with Gasteiger partial charge in [0, 0.05) is 5.92 Å². The summed E-state index contributed by atoms with van der Waals surface area (Å²) < 4.78 is 0. The van der Waals surface area contributed by atoms with E-state index in [1.807, 2.05) is 111 Å². The van der Waals surface area contributed by atoms with E-state index in [-0.39, 0.29) is 42.3 Å². The molecule has 0 unspecified atom stereocenters. The zero-order valence-corrected chi connectivity index (χ0v) is 27.4. The smallest absolute Gasteiger partial charge is 0.260 e. The van der Waals surface area contributed by atoms with Crippen LogP contribution in [-0.4, -0.2) is 38.6 Å². The van der Waals surface area contributed by atoms with Crippen LogP contribution in [0.2, 0.25) is 0 Å². The summed E-state index contributed by atoms with van der Waals surface area (Å²) >= 11 is 0. The van der Waals surface area contributed by atoms with Crippen LogP contribution in [0, 0.1) is 37.5 Å². The second-order valence-electron chi connectivity index (χ2n) is 13.9. The zero-order chi connectivity index (χ0) is 34.0. The average Bonchev–Trinajstić information content (AvgIpc) is 3.48. The third kappa shape index (κ3) is 4.65. The number of likely N-dealkylation sites (tertiary alicyclic amines) is 1. The predicted molar refractivity (Wildman–Crippen MR) is 184 cm³/mol. The van der Waals surface area contributed by atoms with Crippen LogP contribution in [0.4, 0.5) is 5.69 Å². The third-order valence-corrected chi connectivity index (χ3v) is 11.2. The van der Waals surface area contributed by atoms with E-state index < -0.39 is 35.0 Å². The van der Waals surface area contributed by atoms with Gasteiger partial charge >= 0.3 is 0 Å². The molecule has 2 aliphatic carbocycles. The molecular formula is C41H37N3O5. The highest BCUT2D eigenvalue weighted by molar-refractivity contribution is 6.13. The van der Waals surface area contributed by atoms with Crippen LogP contribution in [0.3, 0.4) is 0 Å². The van der Waals surface area contributed by atoms with Crippen LogP contribution in [-0.2, 0) is 31.1 Å². The van der Waals surface area contributed by atoms with Crippen molar-refractivity contribution >= 4 is 29.3 Å². The number of aryl methyl sites for hydroxylation is 2. The number of rotatable bonds is 6. The Balaban J connectivity index is 1.29. The molecule has 6 atom stereocenters. The van der Waals surface area contributed by atoms with Gasteiger partial charge in [0.05, 0.1) is 35.4 Å². The number of hydrazine groups is 1. The van der Waals surface area contributed by atoms with Gasteiger partial charge in [-0.3, -0.25) is 29.5 Å². The van der Waals surface area contributed by atoms with Crippen LogP contribution in [0.25, 0.3) is 0 Å². The number of phenols is 1. The van der Waals surface area contributed by atoms with Gasteiger partial charge in [-0.05, 0) is 73.1 Å². The Hall–Kier alpha value is -5.50. The zero-order valence-electron chi connectivity index (χ0n) is 27.4.